The van der Waals surface area contributed by atoms with Crippen molar-refractivity contribution in [3.8, 4) is 0 Å². The van der Waals surface area contributed by atoms with Gasteiger partial charge in [0.25, 0.3) is 0 Å². The van der Waals surface area contributed by atoms with Crippen LogP contribution in [0.25, 0.3) is 0 Å². The van der Waals surface area contributed by atoms with Crippen LogP contribution < -0.4 is 5.73 Å². The molecular weight excluding hydrogens is 196 g/mol. The van der Waals surface area contributed by atoms with E-state index < -0.39 is 0 Å². The maximum Gasteiger partial charge on any atom is 0.188 e. The molecule has 0 aliphatic carbocycles. The van der Waals surface area contributed by atoms with Crippen LogP contribution in [0.2, 0.25) is 0 Å². The minimum Gasteiger partial charge on any atom is -0.326 e. The Kier molecular flexibility index (Phi) is 2.81. The first kappa shape index (κ1) is 9.23. The summed E-state index contributed by atoms with van der Waals surface area (Å²) in [5, 5.41) is 7.36. The standard InChI is InChI=1S/C9H10N4S/c10-5-7-2-1-3-8(4-7)14-9-11-6-12-13-9/h1-4,6H,5,10H2,(H,11,12,13). The van der Waals surface area contributed by atoms with E-state index in [1.807, 2.05) is 24.3 Å². The highest BCUT2D eigenvalue weighted by molar-refractivity contribution is 7.99. The molecule has 4 nitrogen and oxygen atoms in total. The van der Waals surface area contributed by atoms with Gasteiger partial charge in [0.05, 0.1) is 0 Å². The van der Waals surface area contributed by atoms with Gasteiger partial charge in [-0.15, -0.1) is 0 Å². The van der Waals surface area contributed by atoms with Gasteiger partial charge in [0.15, 0.2) is 5.16 Å². The second-order valence-electron chi connectivity index (χ2n) is 2.74. The van der Waals surface area contributed by atoms with Crippen molar-refractivity contribution in [3.05, 3.63) is 36.2 Å². The Bertz CT molecular complexity index is 399. The first-order valence-electron chi connectivity index (χ1n) is 4.21. The molecule has 2 aromatic rings. The monoisotopic (exact) mass is 206 g/mol. The van der Waals surface area contributed by atoms with Gasteiger partial charge >= 0.3 is 0 Å². The lowest BCUT2D eigenvalue weighted by Crippen LogP contribution is -1.95. The Balaban J connectivity index is 2.17. The van der Waals surface area contributed by atoms with Crippen LogP contribution in [-0.4, -0.2) is 15.2 Å². The van der Waals surface area contributed by atoms with Crippen LogP contribution in [0.3, 0.4) is 0 Å². The van der Waals surface area contributed by atoms with Crippen molar-refractivity contribution in [2.24, 2.45) is 5.73 Å². The average Bonchev–Trinajstić information content (AvgIpc) is 2.71. The van der Waals surface area contributed by atoms with Crippen LogP contribution in [-0.2, 0) is 6.54 Å². The first-order valence-corrected chi connectivity index (χ1v) is 5.02. The fraction of sp³-hybridized carbons (Fsp3) is 0.111. The van der Waals surface area contributed by atoms with Crippen molar-refractivity contribution in [2.75, 3.05) is 0 Å². The second kappa shape index (κ2) is 4.26. The van der Waals surface area contributed by atoms with Gasteiger partial charge in [-0.25, -0.2) is 4.98 Å². The molecule has 0 atom stereocenters. The number of aromatic nitrogens is 3. The number of nitrogens with one attached hydrogen (secondary N) is 1. The van der Waals surface area contributed by atoms with Crippen molar-refractivity contribution in [1.82, 2.24) is 15.2 Å². The highest BCUT2D eigenvalue weighted by Crippen LogP contribution is 2.24. The summed E-state index contributed by atoms with van der Waals surface area (Å²) < 4.78 is 0. The van der Waals surface area contributed by atoms with Crippen LogP contribution in [0.15, 0.2) is 40.6 Å². The van der Waals surface area contributed by atoms with Crippen LogP contribution in [0.5, 0.6) is 0 Å². The Labute approximate surface area is 85.9 Å². The molecule has 72 valence electrons. The maximum atomic E-state index is 5.55. The highest BCUT2D eigenvalue weighted by atomic mass is 32.2. The average molecular weight is 206 g/mol. The summed E-state index contributed by atoms with van der Waals surface area (Å²) in [7, 11) is 0. The zero-order valence-corrected chi connectivity index (χ0v) is 8.29. The molecule has 0 amide bonds. The molecule has 1 aromatic carbocycles. The SMILES string of the molecule is NCc1cccc(Sc2ncn[nH]2)c1. The third-order valence-electron chi connectivity index (χ3n) is 1.74. The van der Waals surface area contributed by atoms with Gasteiger partial charge in [-0.1, -0.05) is 23.9 Å². The molecule has 3 N–H and O–H groups in total. The third kappa shape index (κ3) is 2.12. The minimum atomic E-state index is 0.560. The van der Waals surface area contributed by atoms with Crippen LogP contribution >= 0.6 is 11.8 Å². The Morgan fingerprint density at radius 2 is 2.36 bits per heavy atom. The molecule has 0 fully saturated rings. The van der Waals surface area contributed by atoms with Crippen molar-refractivity contribution in [1.29, 1.82) is 0 Å². The van der Waals surface area contributed by atoms with E-state index in [9.17, 15) is 0 Å². The van der Waals surface area contributed by atoms with Gasteiger partial charge in [0.1, 0.15) is 6.33 Å². The zero-order valence-electron chi connectivity index (χ0n) is 7.47. The quantitative estimate of drug-likeness (QED) is 0.796. The molecule has 0 aliphatic heterocycles. The van der Waals surface area contributed by atoms with Gasteiger partial charge in [-0.05, 0) is 17.7 Å². The first-order chi connectivity index (χ1) is 6.88. The fourth-order valence-corrected chi connectivity index (χ4v) is 1.87. The number of aromatic amines is 1. The van der Waals surface area contributed by atoms with Gasteiger partial charge in [-0.2, -0.15) is 5.10 Å². The number of nitrogens with zero attached hydrogens (tertiary/aromatic N) is 2. The molecule has 0 saturated carbocycles. The summed E-state index contributed by atoms with van der Waals surface area (Å²) in [6, 6.07) is 8.06. The molecule has 5 heteroatoms. The van der Waals surface area contributed by atoms with Crippen molar-refractivity contribution in [3.63, 3.8) is 0 Å². The van der Waals surface area contributed by atoms with E-state index in [0.29, 0.717) is 6.54 Å². The van der Waals surface area contributed by atoms with Crippen LogP contribution in [0.4, 0.5) is 0 Å². The predicted octanol–water partition coefficient (Wildman–Crippen LogP) is 1.41. The Hall–Kier alpha value is -1.33. The van der Waals surface area contributed by atoms with E-state index in [4.69, 9.17) is 5.73 Å². The zero-order chi connectivity index (χ0) is 9.80. The fourth-order valence-electron chi connectivity index (χ4n) is 1.09. The predicted molar refractivity (Wildman–Crippen MR) is 54.8 cm³/mol. The Morgan fingerprint density at radius 3 is 3.07 bits per heavy atom. The highest BCUT2D eigenvalue weighted by Gasteiger charge is 1.99. The largest absolute Gasteiger partial charge is 0.326 e. The number of nitrogens with two attached hydrogens (primary N) is 1. The molecule has 14 heavy (non-hydrogen) atoms. The lowest BCUT2D eigenvalue weighted by molar-refractivity contribution is 0.972. The smallest absolute Gasteiger partial charge is 0.188 e. The number of hydrogen-bond donors (Lipinski definition) is 2. The lowest BCUT2D eigenvalue weighted by atomic mass is 10.2. The van der Waals surface area contributed by atoms with E-state index in [1.165, 1.54) is 18.1 Å². The summed E-state index contributed by atoms with van der Waals surface area (Å²) in [5.41, 5.74) is 6.67. The van der Waals surface area contributed by atoms with Gasteiger partial charge in [0.2, 0.25) is 0 Å². The molecular formula is C9H10N4S. The summed E-state index contributed by atoms with van der Waals surface area (Å²) in [4.78, 5) is 5.15. The number of hydrogen-bond acceptors (Lipinski definition) is 4. The van der Waals surface area contributed by atoms with E-state index in [0.717, 1.165) is 15.6 Å². The molecule has 0 spiro atoms. The van der Waals surface area contributed by atoms with Crippen molar-refractivity contribution >= 4 is 11.8 Å². The van der Waals surface area contributed by atoms with Crippen molar-refractivity contribution in [2.45, 2.75) is 16.6 Å². The van der Waals surface area contributed by atoms with Gasteiger partial charge in [0, 0.05) is 11.4 Å². The summed E-state index contributed by atoms with van der Waals surface area (Å²) >= 11 is 1.54. The van der Waals surface area contributed by atoms with Gasteiger partial charge in [-0.3, -0.25) is 5.10 Å². The molecule has 1 heterocycles. The Morgan fingerprint density at radius 1 is 1.43 bits per heavy atom. The second-order valence-corrected chi connectivity index (χ2v) is 3.81. The topological polar surface area (TPSA) is 67.6 Å². The maximum absolute atomic E-state index is 5.55. The summed E-state index contributed by atoms with van der Waals surface area (Å²) in [6.07, 6.45) is 1.50. The van der Waals surface area contributed by atoms with Gasteiger partial charge < -0.3 is 5.73 Å². The normalized spacial score (nSPS) is 10.4. The summed E-state index contributed by atoms with van der Waals surface area (Å²) in [6.45, 7) is 0.560. The molecule has 1 aromatic heterocycles. The molecule has 0 bridgehead atoms. The van der Waals surface area contributed by atoms with E-state index in [1.54, 1.807) is 0 Å². The van der Waals surface area contributed by atoms with Crippen molar-refractivity contribution < 1.29 is 0 Å². The van der Waals surface area contributed by atoms with E-state index in [2.05, 4.69) is 15.2 Å². The molecule has 2 rings (SSSR count). The molecule has 0 unspecified atom stereocenters. The number of H-pyrrole nitrogens is 1. The summed E-state index contributed by atoms with van der Waals surface area (Å²) in [5.74, 6) is 0. The minimum absolute atomic E-state index is 0.560. The molecule has 0 aliphatic rings. The van der Waals surface area contributed by atoms with E-state index >= 15 is 0 Å². The number of rotatable bonds is 3. The molecule has 0 radical (unpaired) electrons. The lowest BCUT2D eigenvalue weighted by Gasteiger charge is -2.00. The molecule has 0 saturated heterocycles. The van der Waals surface area contributed by atoms with Crippen LogP contribution in [0, 0.1) is 0 Å². The third-order valence-corrected chi connectivity index (χ3v) is 2.62. The number of benzene rings is 1. The van der Waals surface area contributed by atoms with Crippen LogP contribution in [0.1, 0.15) is 5.56 Å². The van der Waals surface area contributed by atoms with E-state index in [-0.39, 0.29) is 0 Å².